The van der Waals surface area contributed by atoms with E-state index in [1.807, 2.05) is 90.1 Å². The van der Waals surface area contributed by atoms with Gasteiger partial charge in [0.2, 0.25) is 0 Å². The van der Waals surface area contributed by atoms with Crippen molar-refractivity contribution in [2.24, 2.45) is 16.2 Å². The zero-order valence-corrected chi connectivity index (χ0v) is 45.9. The predicted molar refractivity (Wildman–Crippen MR) is 271 cm³/mol. The maximum Gasteiger partial charge on any atom is 0.326 e. The van der Waals surface area contributed by atoms with Crippen molar-refractivity contribution < 1.29 is 90.0 Å². The van der Waals surface area contributed by atoms with E-state index < -0.39 is 52.1 Å². The van der Waals surface area contributed by atoms with E-state index >= 15 is 0 Å². The second kappa shape index (κ2) is 24.9. The van der Waals surface area contributed by atoms with E-state index in [2.05, 4.69) is 0 Å². The first kappa shape index (κ1) is 58.1. The summed E-state index contributed by atoms with van der Waals surface area (Å²) >= 11 is 0. The molecule has 0 aromatic heterocycles. The molecule has 0 radical (unpaired) electrons. The summed E-state index contributed by atoms with van der Waals surface area (Å²) in [7, 11) is 4.88. The Morgan fingerprint density at radius 3 is 1.03 bits per heavy atom. The molecular weight excluding hydrogens is 977 g/mol. The van der Waals surface area contributed by atoms with Gasteiger partial charge in [-0.15, -0.1) is 0 Å². The van der Waals surface area contributed by atoms with Crippen LogP contribution in [0, 0.1) is 16.2 Å². The van der Waals surface area contributed by atoms with Crippen LogP contribution in [0.15, 0.2) is 42.5 Å². The molecule has 0 bridgehead atoms. The first-order valence-electron chi connectivity index (χ1n) is 27.1. The summed E-state index contributed by atoms with van der Waals surface area (Å²) in [5.74, 6) is -5.82. The van der Waals surface area contributed by atoms with Gasteiger partial charge in [0.25, 0.3) is 17.9 Å². The van der Waals surface area contributed by atoms with Gasteiger partial charge in [-0.1, -0.05) is 78.7 Å². The molecular formula is C56H84O19. The molecule has 0 saturated carbocycles. The second-order valence-electron chi connectivity index (χ2n) is 20.8. The Hall–Kier alpha value is -3.06. The molecule has 6 heterocycles. The lowest BCUT2D eigenvalue weighted by molar-refractivity contribution is -0.454. The normalized spacial score (nSPS) is 36.3. The van der Waals surface area contributed by atoms with Crippen molar-refractivity contribution in [3.05, 3.63) is 53.6 Å². The first-order chi connectivity index (χ1) is 36.2. The van der Waals surface area contributed by atoms with Gasteiger partial charge < -0.3 is 90.0 Å². The van der Waals surface area contributed by atoms with Crippen LogP contribution in [-0.2, 0) is 75.8 Å². The number of unbranched alkanes of at least 4 members (excludes halogenated alkanes) is 3. The molecule has 75 heavy (non-hydrogen) atoms. The molecule has 2 aromatic rings. The highest BCUT2D eigenvalue weighted by Crippen LogP contribution is 2.44. The van der Waals surface area contributed by atoms with Crippen molar-refractivity contribution in [2.75, 3.05) is 114 Å². The minimum atomic E-state index is -1.40. The molecule has 0 aliphatic carbocycles. The summed E-state index contributed by atoms with van der Waals surface area (Å²) in [6.07, 6.45) is 11.0. The average molecular weight is 1060 g/mol. The highest BCUT2D eigenvalue weighted by molar-refractivity contribution is 5.71. The molecule has 6 aliphatic heterocycles. The Morgan fingerprint density at radius 2 is 0.680 bits per heavy atom. The molecule has 19 heteroatoms. The van der Waals surface area contributed by atoms with Crippen molar-refractivity contribution >= 4 is 12.2 Å². The van der Waals surface area contributed by atoms with Crippen LogP contribution in [0.1, 0.15) is 117 Å². The van der Waals surface area contributed by atoms with Gasteiger partial charge in [-0.05, 0) is 48.2 Å². The van der Waals surface area contributed by atoms with Crippen molar-refractivity contribution in [1.29, 1.82) is 0 Å². The van der Waals surface area contributed by atoms with E-state index in [9.17, 15) is 0 Å². The standard InChI is InChI=1S/C56H84O19/c1-10-51(58-8)61-31-48(32-62-51)37-69-55(14-5,70-38-48)74-46-28-44(29-47(30-46)75-56(15-6)71-39-49(40-72-56)33-63-52(11-2,59-9)64-34-49)21-20-43-22-24-45(25-23-43)73-54(13-4)67-41-50(42-68-54)35-65-53(12-3,66-36-50)60-27-19-17-16-18-26-57-7/h20-25,28-30H,10-19,26-27,31-42H2,1-9H3/b21-20+. The lowest BCUT2D eigenvalue weighted by Crippen LogP contribution is -2.60. The molecule has 2 aromatic carbocycles. The molecule has 8 rings (SSSR count). The number of hydrogen-bond acceptors (Lipinski definition) is 19. The van der Waals surface area contributed by atoms with Crippen molar-refractivity contribution in [3.63, 3.8) is 0 Å². The largest absolute Gasteiger partial charge is 0.439 e. The molecule has 3 spiro atoms. The average Bonchev–Trinajstić information content (AvgIpc) is 3.46. The van der Waals surface area contributed by atoms with Gasteiger partial charge in [0, 0.05) is 72.5 Å². The molecule has 19 nitrogen and oxygen atoms in total. The summed E-state index contributed by atoms with van der Waals surface area (Å²) in [5, 5.41) is 0. The van der Waals surface area contributed by atoms with Gasteiger partial charge in [0.05, 0.1) is 102 Å². The van der Waals surface area contributed by atoms with E-state index in [-0.39, 0.29) is 26.4 Å². The van der Waals surface area contributed by atoms with Gasteiger partial charge in [-0.2, -0.15) is 0 Å². The Balaban J connectivity index is 0.920. The van der Waals surface area contributed by atoms with E-state index in [1.165, 1.54) is 0 Å². The second-order valence-corrected chi connectivity index (χ2v) is 20.8. The third-order valence-corrected chi connectivity index (χ3v) is 15.0. The highest BCUT2D eigenvalue weighted by atomic mass is 16.9. The van der Waals surface area contributed by atoms with Crippen LogP contribution >= 0.6 is 0 Å². The van der Waals surface area contributed by atoms with Gasteiger partial charge in [-0.25, -0.2) is 0 Å². The molecule has 422 valence electrons. The van der Waals surface area contributed by atoms with Crippen molar-refractivity contribution in [2.45, 2.75) is 142 Å². The summed E-state index contributed by atoms with van der Waals surface area (Å²) in [5.41, 5.74) is 0.125. The van der Waals surface area contributed by atoms with Crippen molar-refractivity contribution in [1.82, 2.24) is 0 Å². The fourth-order valence-electron chi connectivity index (χ4n) is 9.60. The number of benzene rings is 2. The third kappa shape index (κ3) is 13.7. The van der Waals surface area contributed by atoms with Gasteiger partial charge in [0.1, 0.15) is 17.2 Å². The van der Waals surface area contributed by atoms with E-state index in [0.29, 0.717) is 115 Å². The van der Waals surface area contributed by atoms with Gasteiger partial charge in [0.15, 0.2) is 0 Å². The summed E-state index contributed by atoms with van der Waals surface area (Å²) in [6, 6.07) is 13.3. The first-order valence-corrected chi connectivity index (χ1v) is 27.1. The number of hydrogen-bond donors (Lipinski definition) is 0. The maximum atomic E-state index is 6.66. The molecule has 0 amide bonds. The smallest absolute Gasteiger partial charge is 0.326 e. The quantitative estimate of drug-likeness (QED) is 0.0718. The highest BCUT2D eigenvalue weighted by Gasteiger charge is 2.55. The number of ether oxygens (including phenoxy) is 19. The van der Waals surface area contributed by atoms with Crippen LogP contribution in [0.2, 0.25) is 0 Å². The Kier molecular flexibility index (Phi) is 19.3. The molecule has 0 N–H and O–H groups in total. The Labute approximate surface area is 443 Å². The van der Waals surface area contributed by atoms with E-state index in [4.69, 9.17) is 90.0 Å². The van der Waals surface area contributed by atoms with Crippen LogP contribution in [0.4, 0.5) is 0 Å². The predicted octanol–water partition coefficient (Wildman–Crippen LogP) is 9.13. The number of rotatable bonds is 24. The van der Waals surface area contributed by atoms with Gasteiger partial charge >= 0.3 is 17.9 Å². The molecule has 0 atom stereocenters. The SMILES string of the molecule is CCC1(OC)OCC2(CO1)COC(CC)(Oc1cc(/C=C/c3ccc(OC4(CC)OCC5(COC(CC)(OCCCCCCOC)OC5)CO4)cc3)cc(OC3(CC)OCC4(COC(CC)(OC)OC4)CO3)c1)OC2. The number of methoxy groups -OCH3 is 3. The zero-order chi connectivity index (χ0) is 53.2. The fourth-order valence-corrected chi connectivity index (χ4v) is 9.60. The molecule has 6 saturated heterocycles. The minimum absolute atomic E-state index is 0.279. The topological polar surface area (TPSA) is 175 Å². The zero-order valence-electron chi connectivity index (χ0n) is 45.9. The summed E-state index contributed by atoms with van der Waals surface area (Å²) < 4.78 is 118. The molecule has 6 fully saturated rings. The molecule has 0 unspecified atom stereocenters. The summed E-state index contributed by atoms with van der Waals surface area (Å²) in [4.78, 5) is 0. The molecule has 6 aliphatic rings. The summed E-state index contributed by atoms with van der Waals surface area (Å²) in [6.45, 7) is 17.0. The van der Waals surface area contributed by atoms with Crippen LogP contribution < -0.4 is 14.2 Å². The van der Waals surface area contributed by atoms with Crippen LogP contribution in [-0.4, -0.2) is 150 Å². The Morgan fingerprint density at radius 1 is 0.360 bits per heavy atom. The van der Waals surface area contributed by atoms with Crippen LogP contribution in [0.3, 0.4) is 0 Å². The van der Waals surface area contributed by atoms with Crippen LogP contribution in [0.5, 0.6) is 17.2 Å². The third-order valence-electron chi connectivity index (χ3n) is 15.0. The monoisotopic (exact) mass is 1060 g/mol. The van der Waals surface area contributed by atoms with E-state index in [1.54, 1.807) is 27.4 Å². The van der Waals surface area contributed by atoms with Gasteiger partial charge in [-0.3, -0.25) is 0 Å². The Bertz CT molecular complexity index is 1980. The lowest BCUT2D eigenvalue weighted by Gasteiger charge is -2.49. The van der Waals surface area contributed by atoms with Crippen molar-refractivity contribution in [3.8, 4) is 17.2 Å². The fraction of sp³-hybridized carbons (Fsp3) is 0.750. The minimum Gasteiger partial charge on any atom is -0.439 e. The maximum absolute atomic E-state index is 6.66. The van der Waals surface area contributed by atoms with E-state index in [0.717, 1.165) is 43.4 Å². The van der Waals surface area contributed by atoms with Crippen LogP contribution in [0.25, 0.3) is 12.2 Å². The lowest BCUT2D eigenvalue weighted by atomic mass is 9.90.